The SMILES string of the molecule is COc1ccc2ccccc2c1C(Cl)C#N. The Morgan fingerprint density at radius 1 is 1.25 bits per heavy atom. The highest BCUT2D eigenvalue weighted by molar-refractivity contribution is 6.23. The fraction of sp³-hybridized carbons (Fsp3) is 0.154. The zero-order valence-electron chi connectivity index (χ0n) is 8.77. The van der Waals surface area contributed by atoms with Crippen LogP contribution >= 0.6 is 11.6 Å². The van der Waals surface area contributed by atoms with Crippen molar-refractivity contribution in [3.05, 3.63) is 42.0 Å². The summed E-state index contributed by atoms with van der Waals surface area (Å²) in [7, 11) is 1.58. The van der Waals surface area contributed by atoms with Gasteiger partial charge in [0.15, 0.2) is 0 Å². The van der Waals surface area contributed by atoms with Crippen LogP contribution in [0.25, 0.3) is 10.8 Å². The number of ether oxygens (including phenoxy) is 1. The van der Waals surface area contributed by atoms with Crippen LogP contribution in [0, 0.1) is 11.3 Å². The van der Waals surface area contributed by atoms with Crippen LogP contribution in [0.5, 0.6) is 5.75 Å². The lowest BCUT2D eigenvalue weighted by molar-refractivity contribution is 0.411. The molecule has 0 amide bonds. The number of hydrogen-bond donors (Lipinski definition) is 0. The monoisotopic (exact) mass is 231 g/mol. The summed E-state index contributed by atoms with van der Waals surface area (Å²) in [4.78, 5) is 0. The lowest BCUT2D eigenvalue weighted by Gasteiger charge is -2.12. The van der Waals surface area contributed by atoms with E-state index in [1.54, 1.807) is 7.11 Å². The van der Waals surface area contributed by atoms with E-state index in [9.17, 15) is 0 Å². The molecule has 0 saturated carbocycles. The Labute approximate surface area is 99.0 Å². The number of fused-ring (bicyclic) bond motifs is 1. The van der Waals surface area contributed by atoms with Crippen LogP contribution in [-0.2, 0) is 0 Å². The second kappa shape index (κ2) is 4.42. The van der Waals surface area contributed by atoms with Gasteiger partial charge < -0.3 is 4.74 Å². The highest BCUT2D eigenvalue weighted by Gasteiger charge is 2.15. The molecular formula is C13H10ClNO. The summed E-state index contributed by atoms with van der Waals surface area (Å²) < 4.78 is 5.24. The Bertz CT molecular complexity index is 559. The summed E-state index contributed by atoms with van der Waals surface area (Å²) in [5, 5.41) is 10.3. The highest BCUT2D eigenvalue weighted by Crippen LogP contribution is 2.35. The maximum Gasteiger partial charge on any atom is 0.149 e. The summed E-state index contributed by atoms with van der Waals surface area (Å²) in [6.45, 7) is 0. The molecule has 0 N–H and O–H groups in total. The summed E-state index contributed by atoms with van der Waals surface area (Å²) in [6.07, 6.45) is 0. The smallest absolute Gasteiger partial charge is 0.149 e. The zero-order valence-corrected chi connectivity index (χ0v) is 9.53. The zero-order chi connectivity index (χ0) is 11.5. The van der Waals surface area contributed by atoms with E-state index in [4.69, 9.17) is 21.6 Å². The molecule has 0 aliphatic rings. The van der Waals surface area contributed by atoms with Gasteiger partial charge in [-0.15, -0.1) is 11.6 Å². The van der Waals surface area contributed by atoms with Gasteiger partial charge >= 0.3 is 0 Å². The molecule has 0 spiro atoms. The van der Waals surface area contributed by atoms with Crippen LogP contribution in [0.2, 0.25) is 0 Å². The van der Waals surface area contributed by atoms with Crippen LogP contribution in [0.15, 0.2) is 36.4 Å². The van der Waals surface area contributed by atoms with Crippen molar-refractivity contribution in [2.75, 3.05) is 7.11 Å². The minimum Gasteiger partial charge on any atom is -0.496 e. The normalized spacial score (nSPS) is 12.1. The predicted octanol–water partition coefficient (Wildman–Crippen LogP) is 3.65. The van der Waals surface area contributed by atoms with Crippen molar-refractivity contribution in [2.45, 2.75) is 5.38 Å². The second-order valence-corrected chi connectivity index (χ2v) is 3.83. The number of nitriles is 1. The van der Waals surface area contributed by atoms with E-state index in [1.807, 2.05) is 42.5 Å². The maximum absolute atomic E-state index is 8.93. The van der Waals surface area contributed by atoms with E-state index in [0.717, 1.165) is 16.3 Å². The molecular weight excluding hydrogens is 222 g/mol. The second-order valence-electron chi connectivity index (χ2n) is 3.39. The first-order valence-corrected chi connectivity index (χ1v) is 5.31. The Morgan fingerprint density at radius 2 is 2.00 bits per heavy atom. The van der Waals surface area contributed by atoms with E-state index in [-0.39, 0.29) is 0 Å². The third-order valence-corrected chi connectivity index (χ3v) is 2.83. The Balaban J connectivity index is 2.79. The molecule has 2 aromatic carbocycles. The molecule has 0 saturated heterocycles. The molecule has 3 heteroatoms. The number of benzene rings is 2. The largest absolute Gasteiger partial charge is 0.496 e. The van der Waals surface area contributed by atoms with E-state index in [0.29, 0.717) is 5.75 Å². The van der Waals surface area contributed by atoms with E-state index in [2.05, 4.69) is 0 Å². The van der Waals surface area contributed by atoms with Crippen LogP contribution < -0.4 is 4.74 Å². The first kappa shape index (κ1) is 10.8. The summed E-state index contributed by atoms with van der Waals surface area (Å²) in [5.74, 6) is 0.653. The van der Waals surface area contributed by atoms with Crippen molar-refractivity contribution in [2.24, 2.45) is 0 Å². The molecule has 16 heavy (non-hydrogen) atoms. The average molecular weight is 232 g/mol. The average Bonchev–Trinajstić information content (AvgIpc) is 2.36. The number of rotatable bonds is 2. The maximum atomic E-state index is 8.93. The molecule has 2 aromatic rings. The number of alkyl halides is 1. The van der Waals surface area contributed by atoms with Crippen molar-refractivity contribution in [3.8, 4) is 11.8 Å². The summed E-state index contributed by atoms with van der Waals surface area (Å²) in [6, 6.07) is 13.6. The van der Waals surface area contributed by atoms with Crippen LogP contribution in [0.3, 0.4) is 0 Å². The number of halogens is 1. The molecule has 0 fully saturated rings. The fourth-order valence-corrected chi connectivity index (χ4v) is 2.00. The third kappa shape index (κ3) is 1.70. The summed E-state index contributed by atoms with van der Waals surface area (Å²) in [5.41, 5.74) is 0.741. The molecule has 1 atom stereocenters. The van der Waals surface area contributed by atoms with Crippen LogP contribution in [-0.4, -0.2) is 7.11 Å². The first-order chi connectivity index (χ1) is 7.77. The molecule has 0 heterocycles. The lowest BCUT2D eigenvalue weighted by Crippen LogP contribution is -1.95. The fourth-order valence-electron chi connectivity index (χ4n) is 1.78. The number of nitrogens with zero attached hydrogens (tertiary/aromatic N) is 1. The van der Waals surface area contributed by atoms with Gasteiger partial charge in [-0.2, -0.15) is 5.26 Å². The van der Waals surface area contributed by atoms with Gasteiger partial charge in [0.2, 0.25) is 0 Å². The standard InChI is InChI=1S/C13H10ClNO/c1-16-12-7-6-9-4-2-3-5-10(9)13(12)11(14)8-15/h2-7,11H,1H3. The van der Waals surface area contributed by atoms with Crippen molar-refractivity contribution in [1.82, 2.24) is 0 Å². The minimum absolute atomic E-state index is 0.653. The van der Waals surface area contributed by atoms with Gasteiger partial charge in [-0.25, -0.2) is 0 Å². The molecule has 2 nitrogen and oxygen atoms in total. The Hall–Kier alpha value is -1.72. The molecule has 0 aromatic heterocycles. The van der Waals surface area contributed by atoms with Crippen molar-refractivity contribution in [1.29, 1.82) is 5.26 Å². The van der Waals surface area contributed by atoms with Crippen molar-refractivity contribution in [3.63, 3.8) is 0 Å². The van der Waals surface area contributed by atoms with Crippen LogP contribution in [0.4, 0.5) is 0 Å². The van der Waals surface area contributed by atoms with E-state index >= 15 is 0 Å². The highest BCUT2D eigenvalue weighted by atomic mass is 35.5. The van der Waals surface area contributed by atoms with Gasteiger partial charge in [-0.3, -0.25) is 0 Å². The minimum atomic E-state index is -0.693. The molecule has 2 rings (SSSR count). The lowest BCUT2D eigenvalue weighted by atomic mass is 10.0. The molecule has 0 aliphatic carbocycles. The van der Waals surface area contributed by atoms with Gasteiger partial charge in [0.05, 0.1) is 13.2 Å². The van der Waals surface area contributed by atoms with E-state index in [1.165, 1.54) is 0 Å². The van der Waals surface area contributed by atoms with Gasteiger partial charge in [-0.05, 0) is 16.8 Å². The molecule has 1 unspecified atom stereocenters. The molecule has 0 aliphatic heterocycles. The molecule has 0 bridgehead atoms. The van der Waals surface area contributed by atoms with Gasteiger partial charge in [0.25, 0.3) is 0 Å². The number of hydrogen-bond acceptors (Lipinski definition) is 2. The Morgan fingerprint density at radius 3 is 2.69 bits per heavy atom. The third-order valence-electron chi connectivity index (χ3n) is 2.52. The first-order valence-electron chi connectivity index (χ1n) is 4.87. The van der Waals surface area contributed by atoms with Crippen LogP contribution in [0.1, 0.15) is 10.9 Å². The quantitative estimate of drug-likeness (QED) is 0.739. The van der Waals surface area contributed by atoms with Gasteiger partial charge in [-0.1, -0.05) is 30.3 Å². The number of methoxy groups -OCH3 is 1. The Kier molecular flexibility index (Phi) is 2.98. The summed E-state index contributed by atoms with van der Waals surface area (Å²) >= 11 is 6.01. The van der Waals surface area contributed by atoms with Gasteiger partial charge in [0.1, 0.15) is 11.1 Å². The van der Waals surface area contributed by atoms with Crippen molar-refractivity contribution >= 4 is 22.4 Å². The molecule has 80 valence electrons. The van der Waals surface area contributed by atoms with E-state index < -0.39 is 5.38 Å². The van der Waals surface area contributed by atoms with Gasteiger partial charge in [0, 0.05) is 5.56 Å². The molecule has 0 radical (unpaired) electrons. The predicted molar refractivity (Wildman–Crippen MR) is 64.7 cm³/mol. The van der Waals surface area contributed by atoms with Crippen molar-refractivity contribution < 1.29 is 4.74 Å². The topological polar surface area (TPSA) is 33.0 Å².